The summed E-state index contributed by atoms with van der Waals surface area (Å²) in [5, 5.41) is 13.6. The van der Waals surface area contributed by atoms with Crippen molar-refractivity contribution in [2.24, 2.45) is 0 Å². The number of nitrogens with zero attached hydrogens (tertiary/aromatic N) is 1. The second-order valence-electron chi connectivity index (χ2n) is 5.25. The van der Waals surface area contributed by atoms with Crippen LogP contribution >= 0.6 is 39.0 Å². The molecule has 8 heteroatoms. The normalized spacial score (nSPS) is 11.2. The molecule has 0 radical (unpaired) electrons. The van der Waals surface area contributed by atoms with Crippen LogP contribution in [0.4, 0.5) is 0 Å². The Bertz CT molecular complexity index is 1000. The van der Waals surface area contributed by atoms with E-state index in [0.717, 1.165) is 13.7 Å². The van der Waals surface area contributed by atoms with E-state index in [-0.39, 0.29) is 5.70 Å². The number of nitrogens with one attached hydrogen (secondary N) is 1. The molecule has 0 aliphatic heterocycles. The minimum Gasteiger partial charge on any atom is -0.477 e. The van der Waals surface area contributed by atoms with Crippen molar-refractivity contribution in [2.75, 3.05) is 0 Å². The van der Waals surface area contributed by atoms with Crippen molar-refractivity contribution in [3.8, 4) is 0 Å². The van der Waals surface area contributed by atoms with Gasteiger partial charge in [-0.15, -0.1) is 11.3 Å². The van der Waals surface area contributed by atoms with Crippen molar-refractivity contribution < 1.29 is 14.7 Å². The van der Waals surface area contributed by atoms with Crippen LogP contribution in [0.25, 0.3) is 6.08 Å². The van der Waals surface area contributed by atoms with E-state index in [1.165, 1.54) is 29.2 Å². The van der Waals surface area contributed by atoms with Crippen molar-refractivity contribution in [2.45, 2.75) is 9.24 Å². The van der Waals surface area contributed by atoms with E-state index in [1.54, 1.807) is 35.7 Å². The average molecular weight is 461 g/mol. The van der Waals surface area contributed by atoms with Gasteiger partial charge in [-0.25, -0.2) is 9.78 Å². The van der Waals surface area contributed by atoms with Crippen LogP contribution in [0.3, 0.4) is 0 Å². The number of rotatable bonds is 6. The lowest BCUT2D eigenvalue weighted by atomic mass is 10.2. The number of thiazole rings is 1. The van der Waals surface area contributed by atoms with Crippen molar-refractivity contribution in [3.05, 3.63) is 81.4 Å². The third-order valence-corrected chi connectivity index (χ3v) is 6.33. The van der Waals surface area contributed by atoms with Crippen molar-refractivity contribution in [3.63, 3.8) is 0 Å². The highest BCUT2D eigenvalue weighted by Crippen LogP contribution is 2.35. The van der Waals surface area contributed by atoms with Crippen LogP contribution in [-0.4, -0.2) is 22.0 Å². The molecule has 0 fully saturated rings. The standard InChI is InChI=1S/C19H13BrN2O3S2/c20-14-8-4-5-9-16(14)27-19-21-13(11-26-19)10-15(18(24)25)22-17(23)12-6-2-1-3-7-12/h1-11H,(H,22,23)(H,24,25). The van der Waals surface area contributed by atoms with Crippen LogP contribution in [0.1, 0.15) is 16.1 Å². The van der Waals surface area contributed by atoms with Crippen LogP contribution < -0.4 is 5.32 Å². The lowest BCUT2D eigenvalue weighted by Gasteiger charge is -2.05. The van der Waals surface area contributed by atoms with E-state index >= 15 is 0 Å². The quantitative estimate of drug-likeness (QED) is 0.510. The van der Waals surface area contributed by atoms with Crippen molar-refractivity contribution >= 4 is 57.0 Å². The number of amides is 1. The maximum atomic E-state index is 12.2. The molecule has 0 aliphatic rings. The number of carboxylic acids is 1. The summed E-state index contributed by atoms with van der Waals surface area (Å²) >= 11 is 6.37. The lowest BCUT2D eigenvalue weighted by Crippen LogP contribution is -2.27. The molecule has 2 aromatic carbocycles. The second-order valence-corrected chi connectivity index (χ2v) is 8.26. The molecule has 0 saturated heterocycles. The fourth-order valence-electron chi connectivity index (χ4n) is 2.09. The van der Waals surface area contributed by atoms with Crippen LogP contribution in [0.2, 0.25) is 0 Å². The van der Waals surface area contributed by atoms with E-state index in [1.807, 2.05) is 24.3 Å². The first-order valence-corrected chi connectivity index (χ1v) is 10.2. The van der Waals surface area contributed by atoms with Gasteiger partial charge in [-0.05, 0) is 46.3 Å². The fourth-order valence-corrected chi connectivity index (χ4v) is 4.37. The summed E-state index contributed by atoms with van der Waals surface area (Å²) in [5.74, 6) is -1.71. The summed E-state index contributed by atoms with van der Waals surface area (Å²) in [4.78, 5) is 29.1. The molecule has 1 amide bonds. The first-order valence-electron chi connectivity index (χ1n) is 7.72. The number of hydrogen-bond acceptors (Lipinski definition) is 5. The van der Waals surface area contributed by atoms with Gasteiger partial charge in [-0.3, -0.25) is 4.79 Å². The SMILES string of the molecule is O=C(O)C(=Cc1csc(Sc2ccccc2Br)n1)NC(=O)c1ccccc1. The summed E-state index contributed by atoms with van der Waals surface area (Å²) in [7, 11) is 0. The third kappa shape index (κ3) is 5.29. The molecular weight excluding hydrogens is 448 g/mol. The van der Waals surface area contributed by atoms with Crippen LogP contribution in [-0.2, 0) is 4.79 Å². The molecular formula is C19H13BrN2O3S2. The topological polar surface area (TPSA) is 79.3 Å². The smallest absolute Gasteiger partial charge is 0.352 e. The Morgan fingerprint density at radius 1 is 1.11 bits per heavy atom. The zero-order chi connectivity index (χ0) is 19.2. The van der Waals surface area contributed by atoms with Crippen LogP contribution in [0.5, 0.6) is 0 Å². The Labute approximate surface area is 172 Å². The third-order valence-electron chi connectivity index (χ3n) is 3.34. The highest BCUT2D eigenvalue weighted by molar-refractivity contribution is 9.10. The van der Waals surface area contributed by atoms with Gasteiger partial charge in [0, 0.05) is 20.3 Å². The van der Waals surface area contributed by atoms with E-state index in [4.69, 9.17) is 0 Å². The zero-order valence-corrected chi connectivity index (χ0v) is 17.0. The monoisotopic (exact) mass is 460 g/mol. The van der Waals surface area contributed by atoms with Gasteiger partial charge >= 0.3 is 5.97 Å². The number of aromatic nitrogens is 1. The van der Waals surface area contributed by atoms with Gasteiger partial charge < -0.3 is 10.4 Å². The molecule has 27 heavy (non-hydrogen) atoms. The maximum absolute atomic E-state index is 12.2. The Morgan fingerprint density at radius 3 is 2.52 bits per heavy atom. The first-order chi connectivity index (χ1) is 13.0. The molecule has 2 N–H and O–H groups in total. The number of carbonyl (C=O) groups excluding carboxylic acids is 1. The maximum Gasteiger partial charge on any atom is 0.352 e. The van der Waals surface area contributed by atoms with Crippen LogP contribution in [0, 0.1) is 0 Å². The number of benzene rings is 2. The number of aliphatic carboxylic acids is 1. The molecule has 0 saturated carbocycles. The van der Waals surface area contributed by atoms with Gasteiger partial charge in [0.05, 0.1) is 5.69 Å². The molecule has 1 aromatic heterocycles. The Kier molecular flexibility index (Phi) is 6.44. The van der Waals surface area contributed by atoms with Gasteiger partial charge in [0.25, 0.3) is 5.91 Å². The van der Waals surface area contributed by atoms with E-state index in [9.17, 15) is 14.7 Å². The molecule has 3 rings (SSSR count). The molecule has 0 unspecified atom stereocenters. The average Bonchev–Trinajstić information content (AvgIpc) is 3.10. The van der Waals surface area contributed by atoms with Gasteiger partial charge in [-0.2, -0.15) is 0 Å². The Morgan fingerprint density at radius 2 is 1.81 bits per heavy atom. The minimum atomic E-state index is -1.23. The molecule has 5 nitrogen and oxygen atoms in total. The summed E-state index contributed by atoms with van der Waals surface area (Å²) in [6.07, 6.45) is 1.35. The highest BCUT2D eigenvalue weighted by atomic mass is 79.9. The van der Waals surface area contributed by atoms with Crippen molar-refractivity contribution in [1.29, 1.82) is 0 Å². The molecule has 136 valence electrons. The number of carboxylic acid groups (broad SMARTS) is 1. The molecule has 1 heterocycles. The van der Waals surface area contributed by atoms with Gasteiger partial charge in [0.2, 0.25) is 0 Å². The van der Waals surface area contributed by atoms with Crippen molar-refractivity contribution in [1.82, 2.24) is 10.3 Å². The van der Waals surface area contributed by atoms with Gasteiger partial charge in [0.15, 0.2) is 4.34 Å². The molecule has 0 aliphatic carbocycles. The highest BCUT2D eigenvalue weighted by Gasteiger charge is 2.14. The van der Waals surface area contributed by atoms with E-state index in [2.05, 4.69) is 26.2 Å². The van der Waals surface area contributed by atoms with Crippen LogP contribution in [0.15, 0.2) is 79.4 Å². The molecule has 3 aromatic rings. The predicted octanol–water partition coefficient (Wildman–Crippen LogP) is 4.91. The summed E-state index contributed by atoms with van der Waals surface area (Å²) in [6, 6.07) is 16.2. The van der Waals surface area contributed by atoms with Gasteiger partial charge in [0.1, 0.15) is 5.70 Å². The fraction of sp³-hybridized carbons (Fsp3) is 0. The van der Waals surface area contributed by atoms with E-state index < -0.39 is 11.9 Å². The second kappa shape index (κ2) is 8.98. The predicted molar refractivity (Wildman–Crippen MR) is 110 cm³/mol. The van der Waals surface area contributed by atoms with E-state index in [0.29, 0.717) is 11.3 Å². The number of hydrogen-bond donors (Lipinski definition) is 2. The largest absolute Gasteiger partial charge is 0.477 e. The minimum absolute atomic E-state index is 0.230. The number of halogens is 1. The zero-order valence-electron chi connectivity index (χ0n) is 13.8. The summed E-state index contributed by atoms with van der Waals surface area (Å²) in [5.41, 5.74) is 0.625. The summed E-state index contributed by atoms with van der Waals surface area (Å²) < 4.78 is 1.73. The molecule has 0 atom stereocenters. The molecule has 0 spiro atoms. The first kappa shape index (κ1) is 19.3. The number of carbonyl (C=O) groups is 2. The summed E-state index contributed by atoms with van der Waals surface area (Å²) in [6.45, 7) is 0. The lowest BCUT2D eigenvalue weighted by molar-refractivity contribution is -0.132. The Hall–Kier alpha value is -2.42. The Balaban J connectivity index is 1.77. The van der Waals surface area contributed by atoms with Gasteiger partial charge in [-0.1, -0.05) is 42.1 Å². The molecule has 0 bridgehead atoms.